The van der Waals surface area contributed by atoms with Crippen molar-refractivity contribution in [2.75, 3.05) is 13.9 Å². The van der Waals surface area contributed by atoms with Crippen molar-refractivity contribution in [3.63, 3.8) is 0 Å². The Balaban J connectivity index is 2.10. The normalized spacial score (nSPS) is 19.0. The first kappa shape index (κ1) is 17.2. The van der Waals surface area contributed by atoms with Gasteiger partial charge in [-0.3, -0.25) is 0 Å². The van der Waals surface area contributed by atoms with E-state index in [0.29, 0.717) is 16.6 Å². The van der Waals surface area contributed by atoms with E-state index in [2.05, 4.69) is 6.07 Å². The summed E-state index contributed by atoms with van der Waals surface area (Å²) in [4.78, 5) is 0. The summed E-state index contributed by atoms with van der Waals surface area (Å²) in [5.41, 5.74) is -0.279. The number of methoxy groups -OCH3 is 1. The highest BCUT2D eigenvalue weighted by Gasteiger charge is 2.52. The Labute approximate surface area is 142 Å². The molecule has 1 heterocycles. The largest absolute Gasteiger partial charge is 0.495 e. The number of fused-ring (bicyclic) bond motifs is 1. The van der Waals surface area contributed by atoms with Crippen LogP contribution in [0.3, 0.4) is 0 Å². The molecule has 0 atom stereocenters. The van der Waals surface area contributed by atoms with E-state index in [4.69, 9.17) is 18.8 Å². The lowest BCUT2D eigenvalue weighted by Gasteiger charge is -2.32. The molecule has 0 saturated carbocycles. The summed E-state index contributed by atoms with van der Waals surface area (Å²) in [5, 5.41) is 1.42. The third-order valence-corrected chi connectivity index (χ3v) is 4.68. The smallest absolute Gasteiger partial charge is 0.468 e. The summed E-state index contributed by atoms with van der Waals surface area (Å²) in [6.45, 7) is 8.03. The Morgan fingerprint density at radius 3 is 2.42 bits per heavy atom. The summed E-state index contributed by atoms with van der Waals surface area (Å²) >= 11 is 0. The third-order valence-electron chi connectivity index (χ3n) is 4.68. The number of benzene rings is 2. The van der Waals surface area contributed by atoms with Crippen LogP contribution in [0.15, 0.2) is 24.3 Å². The molecule has 3 rings (SSSR count). The van der Waals surface area contributed by atoms with Gasteiger partial charge in [-0.2, -0.15) is 0 Å². The molecule has 0 amide bonds. The molecule has 0 spiro atoms. The van der Waals surface area contributed by atoms with Crippen LogP contribution >= 0.6 is 0 Å². The summed E-state index contributed by atoms with van der Waals surface area (Å²) in [7, 11) is 0.931. The molecule has 1 saturated heterocycles. The average molecular weight is 331 g/mol. The average Bonchev–Trinajstić information content (AvgIpc) is 2.72. The van der Waals surface area contributed by atoms with Gasteiger partial charge in [-0.1, -0.05) is 6.07 Å². The fourth-order valence-corrected chi connectivity index (χ4v) is 2.63. The monoisotopic (exact) mass is 331 g/mol. The number of hydrogen-bond donors (Lipinski definition) is 0. The summed E-state index contributed by atoms with van der Waals surface area (Å²) in [6, 6.07) is 9.43. The molecule has 127 valence electrons. The topological polar surface area (TPSA) is 36.9 Å². The quantitative estimate of drug-likeness (QED) is 0.637. The van der Waals surface area contributed by atoms with Crippen LogP contribution < -0.4 is 10.2 Å². The molecule has 0 unspecified atom stereocenters. The molecule has 24 heavy (non-hydrogen) atoms. The second kappa shape index (κ2) is 6.03. The van der Waals surface area contributed by atoms with Crippen LogP contribution in [0.5, 0.6) is 5.75 Å². The molecule has 4 nitrogen and oxygen atoms in total. The van der Waals surface area contributed by atoms with Crippen LogP contribution in [0, 0.1) is 11.9 Å². The van der Waals surface area contributed by atoms with Crippen LogP contribution in [0.1, 0.15) is 27.7 Å². The maximum Gasteiger partial charge on any atom is 0.495 e. The highest BCUT2D eigenvalue weighted by molar-refractivity contribution is 6.65. The van der Waals surface area contributed by atoms with Gasteiger partial charge in [0.05, 0.1) is 11.2 Å². The van der Waals surface area contributed by atoms with Crippen molar-refractivity contribution in [2.45, 2.75) is 38.9 Å². The van der Waals surface area contributed by atoms with Crippen LogP contribution in [-0.4, -0.2) is 32.2 Å². The molecule has 0 aliphatic carbocycles. The first-order valence-corrected chi connectivity index (χ1v) is 7.86. The molecule has 1 radical (unpaired) electrons. The number of halogens is 1. The van der Waals surface area contributed by atoms with Gasteiger partial charge < -0.3 is 18.8 Å². The number of ether oxygens (including phenoxy) is 2. The van der Waals surface area contributed by atoms with Gasteiger partial charge in [0, 0.05) is 13.2 Å². The zero-order valence-electron chi connectivity index (χ0n) is 14.6. The molecule has 2 aromatic rings. The van der Waals surface area contributed by atoms with E-state index in [0.717, 1.165) is 5.39 Å². The highest BCUT2D eigenvalue weighted by atomic mass is 19.1. The molecule has 1 aliphatic heterocycles. The minimum atomic E-state index is -0.623. The minimum absolute atomic E-state index is 0.124. The second-order valence-corrected chi connectivity index (χ2v) is 6.92. The predicted octanol–water partition coefficient (Wildman–Crippen LogP) is 3.06. The third kappa shape index (κ3) is 3.01. The zero-order valence-corrected chi connectivity index (χ0v) is 14.6. The Morgan fingerprint density at radius 1 is 1.12 bits per heavy atom. The lowest BCUT2D eigenvalue weighted by Crippen LogP contribution is -2.41. The number of rotatable bonds is 4. The van der Waals surface area contributed by atoms with Gasteiger partial charge in [0.25, 0.3) is 0 Å². The maximum absolute atomic E-state index is 13.7. The van der Waals surface area contributed by atoms with Gasteiger partial charge in [0.1, 0.15) is 11.6 Å². The fraction of sp³-hybridized carbons (Fsp3) is 0.444. The molecule has 2 aromatic carbocycles. The van der Waals surface area contributed by atoms with Gasteiger partial charge in [0.2, 0.25) is 0 Å². The molecular weight excluding hydrogens is 310 g/mol. The van der Waals surface area contributed by atoms with Crippen LogP contribution in [-0.2, 0) is 14.0 Å². The van der Waals surface area contributed by atoms with Crippen molar-refractivity contribution in [2.24, 2.45) is 0 Å². The maximum atomic E-state index is 13.7. The van der Waals surface area contributed by atoms with Crippen molar-refractivity contribution in [1.29, 1.82) is 0 Å². The van der Waals surface area contributed by atoms with Crippen molar-refractivity contribution in [3.05, 3.63) is 36.1 Å². The van der Waals surface area contributed by atoms with E-state index in [1.165, 1.54) is 6.07 Å². The second-order valence-electron chi connectivity index (χ2n) is 6.92. The first-order valence-electron chi connectivity index (χ1n) is 7.86. The molecule has 1 fully saturated rings. The van der Waals surface area contributed by atoms with E-state index < -0.39 is 24.1 Å². The summed E-state index contributed by atoms with van der Waals surface area (Å²) in [5.74, 6) is 0.180. The van der Waals surface area contributed by atoms with E-state index in [1.54, 1.807) is 19.2 Å². The summed E-state index contributed by atoms with van der Waals surface area (Å²) < 4.78 is 36.4. The molecule has 0 bridgehead atoms. The summed E-state index contributed by atoms with van der Waals surface area (Å²) in [6.07, 6.45) is 0. The molecule has 0 aromatic heterocycles. The van der Waals surface area contributed by atoms with Gasteiger partial charge in [-0.25, -0.2) is 4.39 Å². The lowest BCUT2D eigenvalue weighted by atomic mass is 9.76. The van der Waals surface area contributed by atoms with Gasteiger partial charge in [0.15, 0.2) is 6.79 Å². The van der Waals surface area contributed by atoms with Crippen molar-refractivity contribution in [1.82, 2.24) is 0 Å². The van der Waals surface area contributed by atoms with E-state index in [9.17, 15) is 4.39 Å². The van der Waals surface area contributed by atoms with Gasteiger partial charge in [-0.15, -0.1) is 0 Å². The lowest BCUT2D eigenvalue weighted by molar-refractivity contribution is 0.00578. The zero-order chi connectivity index (χ0) is 17.5. The van der Waals surface area contributed by atoms with Crippen molar-refractivity contribution >= 4 is 23.4 Å². The first-order chi connectivity index (χ1) is 11.2. The van der Waals surface area contributed by atoms with Crippen molar-refractivity contribution in [3.8, 4) is 5.75 Å². The Kier molecular flexibility index (Phi) is 4.32. The number of hydrogen-bond acceptors (Lipinski definition) is 4. The minimum Gasteiger partial charge on any atom is -0.468 e. The standard InChI is InChI=1S/C18H21BFO4/c1-17(2)18(3,4)24-19(23-17)16-10-14(22-11-21-5)8-12-6-7-13(20)9-15(12)16/h6-8,10H,11H2,1-5H3. The van der Waals surface area contributed by atoms with E-state index in [1.807, 2.05) is 33.8 Å². The Bertz CT molecular complexity index is 744. The van der Waals surface area contributed by atoms with Crippen LogP contribution in [0.2, 0.25) is 0 Å². The van der Waals surface area contributed by atoms with E-state index >= 15 is 0 Å². The highest BCUT2D eigenvalue weighted by Crippen LogP contribution is 2.37. The Hall–Kier alpha value is -1.63. The molecular formula is C18H21BFO4. The van der Waals surface area contributed by atoms with E-state index in [-0.39, 0.29) is 6.79 Å². The van der Waals surface area contributed by atoms with Crippen LogP contribution in [0.25, 0.3) is 10.8 Å². The predicted molar refractivity (Wildman–Crippen MR) is 91.0 cm³/mol. The van der Waals surface area contributed by atoms with Gasteiger partial charge in [-0.05, 0) is 62.1 Å². The van der Waals surface area contributed by atoms with Crippen LogP contribution in [0.4, 0.5) is 4.39 Å². The SMILES string of the molecule is COCOc1cc(B2OC(C)(C)C(C)(C)O2)c2[c]c(F)ccc2c1. The molecule has 1 aliphatic rings. The molecule has 6 heteroatoms. The Morgan fingerprint density at radius 2 is 1.79 bits per heavy atom. The van der Waals surface area contributed by atoms with Crippen molar-refractivity contribution < 1.29 is 23.2 Å². The molecule has 0 N–H and O–H groups in total. The van der Waals surface area contributed by atoms with Gasteiger partial charge >= 0.3 is 7.12 Å². The fourth-order valence-electron chi connectivity index (χ4n) is 2.63.